The monoisotopic (exact) mass is 299 g/mol. The molecule has 1 N–H and O–H groups in total. The number of rotatable bonds is 3. The zero-order valence-electron chi connectivity index (χ0n) is 11.7. The summed E-state index contributed by atoms with van der Waals surface area (Å²) < 4.78 is 30.9. The highest BCUT2D eigenvalue weighted by atomic mass is 19.3. The van der Waals surface area contributed by atoms with Gasteiger partial charge in [-0.25, -0.2) is 18.6 Å². The van der Waals surface area contributed by atoms with E-state index in [1.54, 1.807) is 0 Å². The molecule has 0 aromatic carbocycles. The van der Waals surface area contributed by atoms with E-state index in [0.29, 0.717) is 5.92 Å². The van der Waals surface area contributed by atoms with Gasteiger partial charge in [0.05, 0.1) is 0 Å². The van der Waals surface area contributed by atoms with Gasteiger partial charge in [0.15, 0.2) is 11.6 Å². The van der Waals surface area contributed by atoms with Crippen LogP contribution in [0.4, 0.5) is 8.78 Å². The summed E-state index contributed by atoms with van der Waals surface area (Å²) in [6.07, 6.45) is 4.81. The van der Waals surface area contributed by atoms with Crippen molar-refractivity contribution in [3.8, 4) is 0 Å². The quantitative estimate of drug-likeness (QED) is 0.899. The summed E-state index contributed by atoms with van der Waals surface area (Å²) in [5.74, 6) is -0.672. The molecule has 0 bridgehead atoms. The van der Waals surface area contributed by atoms with Gasteiger partial charge in [-0.15, -0.1) is 0 Å². The Bertz CT molecular complexity index is 529. The van der Waals surface area contributed by atoms with Gasteiger partial charge < -0.3 is 9.52 Å². The van der Waals surface area contributed by atoms with Crippen molar-refractivity contribution < 1.29 is 23.1 Å². The van der Waals surface area contributed by atoms with E-state index in [4.69, 9.17) is 9.52 Å². The van der Waals surface area contributed by atoms with Crippen molar-refractivity contribution in [2.75, 3.05) is 0 Å². The summed E-state index contributed by atoms with van der Waals surface area (Å²) in [5, 5.41) is 8.95. The average Bonchev–Trinajstić information content (AvgIpc) is 2.92. The van der Waals surface area contributed by atoms with Crippen molar-refractivity contribution in [3.05, 3.63) is 17.3 Å². The molecular formula is C15H19F2NO3. The summed E-state index contributed by atoms with van der Waals surface area (Å²) in [5.41, 5.74) is -0.733. The first-order valence-corrected chi connectivity index (χ1v) is 7.58. The molecule has 1 heterocycles. The third-order valence-corrected chi connectivity index (χ3v) is 4.96. The molecule has 0 aliphatic heterocycles. The summed E-state index contributed by atoms with van der Waals surface area (Å²) in [4.78, 5) is 14.8. The topological polar surface area (TPSA) is 63.3 Å². The molecule has 4 nitrogen and oxygen atoms in total. The second-order valence-corrected chi connectivity index (χ2v) is 6.19. The van der Waals surface area contributed by atoms with Crippen LogP contribution in [-0.4, -0.2) is 16.1 Å². The maximum Gasteiger partial charge on any atom is 0.374 e. The van der Waals surface area contributed by atoms with Crippen LogP contribution in [0, 0.1) is 11.8 Å². The molecule has 116 valence electrons. The van der Waals surface area contributed by atoms with E-state index >= 15 is 0 Å². The lowest BCUT2D eigenvalue weighted by atomic mass is 9.67. The van der Waals surface area contributed by atoms with E-state index < -0.39 is 23.8 Å². The lowest BCUT2D eigenvalue weighted by Gasteiger charge is -2.38. The Labute approximate surface area is 121 Å². The third-order valence-electron chi connectivity index (χ3n) is 4.96. The van der Waals surface area contributed by atoms with Gasteiger partial charge in [0.25, 0.3) is 6.43 Å². The first-order chi connectivity index (χ1) is 10.1. The SMILES string of the molecule is O=C(O)c1oc(C2CCC3CCCCC3C2)nc1C(F)F. The first kappa shape index (κ1) is 14.5. The molecule has 3 atom stereocenters. The highest BCUT2D eigenvalue weighted by molar-refractivity contribution is 5.85. The first-order valence-electron chi connectivity index (χ1n) is 7.58. The van der Waals surface area contributed by atoms with Crippen molar-refractivity contribution in [2.45, 2.75) is 57.3 Å². The Morgan fingerprint density at radius 1 is 1.19 bits per heavy atom. The number of nitrogens with zero attached hydrogens (tertiary/aromatic N) is 1. The van der Waals surface area contributed by atoms with Crippen LogP contribution >= 0.6 is 0 Å². The van der Waals surface area contributed by atoms with Crippen molar-refractivity contribution in [3.63, 3.8) is 0 Å². The Hall–Kier alpha value is -1.46. The number of fused-ring (bicyclic) bond motifs is 1. The minimum Gasteiger partial charge on any atom is -0.475 e. The number of carboxylic acid groups (broad SMARTS) is 1. The molecule has 21 heavy (non-hydrogen) atoms. The van der Waals surface area contributed by atoms with E-state index in [-0.39, 0.29) is 11.8 Å². The van der Waals surface area contributed by atoms with Crippen molar-refractivity contribution >= 4 is 5.97 Å². The number of carbonyl (C=O) groups is 1. The van der Waals surface area contributed by atoms with E-state index in [0.717, 1.165) is 25.2 Å². The van der Waals surface area contributed by atoms with Crippen LogP contribution in [0.5, 0.6) is 0 Å². The average molecular weight is 299 g/mol. The standard InChI is InChI=1S/C15H19F2NO3/c16-13(17)11-12(15(19)20)21-14(18-11)10-6-5-8-3-1-2-4-9(8)7-10/h8-10,13H,1-7H2,(H,19,20). The summed E-state index contributed by atoms with van der Waals surface area (Å²) >= 11 is 0. The number of alkyl halides is 2. The van der Waals surface area contributed by atoms with Gasteiger partial charge in [-0.2, -0.15) is 0 Å². The number of halogens is 2. The Balaban J connectivity index is 1.80. The Morgan fingerprint density at radius 3 is 2.52 bits per heavy atom. The fourth-order valence-electron chi connectivity index (χ4n) is 3.92. The lowest BCUT2D eigenvalue weighted by molar-refractivity contribution is 0.0641. The molecule has 0 saturated heterocycles. The Morgan fingerprint density at radius 2 is 1.90 bits per heavy atom. The largest absolute Gasteiger partial charge is 0.475 e. The molecule has 3 unspecified atom stereocenters. The molecule has 2 aliphatic rings. The predicted octanol–water partition coefficient (Wildman–Crippen LogP) is 4.38. The van der Waals surface area contributed by atoms with E-state index in [2.05, 4.69) is 4.98 Å². The van der Waals surface area contributed by atoms with Gasteiger partial charge in [-0.1, -0.05) is 25.7 Å². The highest BCUT2D eigenvalue weighted by Gasteiger charge is 2.36. The Kier molecular flexibility index (Phi) is 3.95. The number of hydrogen-bond donors (Lipinski definition) is 1. The molecule has 0 spiro atoms. The lowest BCUT2D eigenvalue weighted by Crippen LogP contribution is -2.27. The van der Waals surface area contributed by atoms with E-state index in [9.17, 15) is 13.6 Å². The van der Waals surface area contributed by atoms with Crippen molar-refractivity contribution in [1.29, 1.82) is 0 Å². The van der Waals surface area contributed by atoms with Gasteiger partial charge in [-0.05, 0) is 31.1 Å². The van der Waals surface area contributed by atoms with Crippen molar-refractivity contribution in [1.82, 2.24) is 4.98 Å². The zero-order chi connectivity index (χ0) is 15.0. The smallest absolute Gasteiger partial charge is 0.374 e. The number of aromatic carboxylic acids is 1. The van der Waals surface area contributed by atoms with Gasteiger partial charge in [0.2, 0.25) is 5.76 Å². The molecule has 1 aromatic heterocycles. The van der Waals surface area contributed by atoms with Crippen LogP contribution in [0.1, 0.15) is 79.4 Å². The van der Waals surface area contributed by atoms with Crippen LogP contribution < -0.4 is 0 Å². The van der Waals surface area contributed by atoms with Gasteiger partial charge in [0.1, 0.15) is 0 Å². The molecule has 0 amide bonds. The second-order valence-electron chi connectivity index (χ2n) is 6.19. The molecular weight excluding hydrogens is 280 g/mol. The number of aromatic nitrogens is 1. The van der Waals surface area contributed by atoms with Crippen LogP contribution in [-0.2, 0) is 0 Å². The molecule has 1 aromatic rings. The normalized spacial score (nSPS) is 29.4. The van der Waals surface area contributed by atoms with Crippen LogP contribution in [0.25, 0.3) is 0 Å². The second kappa shape index (κ2) is 5.73. The van der Waals surface area contributed by atoms with Gasteiger partial charge >= 0.3 is 5.97 Å². The van der Waals surface area contributed by atoms with Crippen LogP contribution in [0.2, 0.25) is 0 Å². The highest BCUT2D eigenvalue weighted by Crippen LogP contribution is 2.46. The molecule has 3 rings (SSSR count). The van der Waals surface area contributed by atoms with Gasteiger partial charge in [-0.3, -0.25) is 0 Å². The van der Waals surface area contributed by atoms with Gasteiger partial charge in [0, 0.05) is 5.92 Å². The molecule has 2 saturated carbocycles. The molecule has 2 aliphatic carbocycles. The predicted molar refractivity (Wildman–Crippen MR) is 70.5 cm³/mol. The molecule has 2 fully saturated rings. The minimum absolute atomic E-state index is 0.0186. The zero-order valence-corrected chi connectivity index (χ0v) is 11.7. The fourth-order valence-corrected chi connectivity index (χ4v) is 3.92. The fraction of sp³-hybridized carbons (Fsp3) is 0.733. The summed E-state index contributed by atoms with van der Waals surface area (Å²) in [6, 6.07) is 0. The molecule has 0 radical (unpaired) electrons. The molecule has 6 heteroatoms. The van der Waals surface area contributed by atoms with Crippen LogP contribution in [0.3, 0.4) is 0 Å². The van der Waals surface area contributed by atoms with Crippen molar-refractivity contribution in [2.24, 2.45) is 11.8 Å². The minimum atomic E-state index is -2.92. The maximum atomic E-state index is 12.9. The maximum absolute atomic E-state index is 12.9. The number of carboxylic acids is 1. The summed E-state index contributed by atoms with van der Waals surface area (Å²) in [7, 11) is 0. The summed E-state index contributed by atoms with van der Waals surface area (Å²) in [6.45, 7) is 0. The number of hydrogen-bond acceptors (Lipinski definition) is 3. The number of oxazole rings is 1. The van der Waals surface area contributed by atoms with E-state index in [1.165, 1.54) is 25.7 Å². The third kappa shape index (κ3) is 2.80. The van der Waals surface area contributed by atoms with Crippen LogP contribution in [0.15, 0.2) is 4.42 Å². The van der Waals surface area contributed by atoms with E-state index in [1.807, 2.05) is 0 Å².